The van der Waals surface area contributed by atoms with Crippen molar-refractivity contribution in [3.05, 3.63) is 6.07 Å². The predicted molar refractivity (Wildman–Crippen MR) is 65.6 cm³/mol. The van der Waals surface area contributed by atoms with Crippen molar-refractivity contribution in [1.82, 2.24) is 14.9 Å². The monoisotopic (exact) mass is 276 g/mol. The van der Waals surface area contributed by atoms with Gasteiger partial charge >= 0.3 is 6.18 Å². The Morgan fingerprint density at radius 1 is 1.11 bits per heavy atom. The second kappa shape index (κ2) is 5.08. The fourth-order valence-electron chi connectivity index (χ4n) is 2.02. The molecule has 0 spiro atoms. The van der Waals surface area contributed by atoms with Gasteiger partial charge in [-0.05, 0) is 0 Å². The van der Waals surface area contributed by atoms with Gasteiger partial charge in [0.2, 0.25) is 5.95 Å². The Balaban J connectivity index is 1.96. The molecule has 1 aliphatic heterocycles. The summed E-state index contributed by atoms with van der Waals surface area (Å²) >= 11 is 0. The molecule has 0 bridgehead atoms. The Bertz CT molecular complexity index is 421. The maximum atomic E-state index is 12.3. The van der Waals surface area contributed by atoms with Gasteiger partial charge in [-0.2, -0.15) is 23.1 Å². The van der Waals surface area contributed by atoms with Gasteiger partial charge in [0.05, 0.1) is 6.54 Å². The number of anilines is 3. The average molecular weight is 276 g/mol. The van der Waals surface area contributed by atoms with Gasteiger partial charge in [0.1, 0.15) is 11.6 Å². The van der Waals surface area contributed by atoms with Gasteiger partial charge in [-0.1, -0.05) is 0 Å². The first-order valence-electron chi connectivity index (χ1n) is 5.77. The summed E-state index contributed by atoms with van der Waals surface area (Å²) in [6, 6.07) is 1.57. The Kier molecular flexibility index (Phi) is 3.65. The minimum atomic E-state index is -4.16. The van der Waals surface area contributed by atoms with E-state index in [1.54, 1.807) is 6.07 Å². The van der Waals surface area contributed by atoms with Gasteiger partial charge in [0, 0.05) is 32.2 Å². The lowest BCUT2D eigenvalue weighted by Gasteiger charge is -2.35. The summed E-state index contributed by atoms with van der Waals surface area (Å²) < 4.78 is 36.8. The van der Waals surface area contributed by atoms with Crippen molar-refractivity contribution < 1.29 is 13.2 Å². The predicted octanol–water partition coefficient (Wildman–Crippen LogP) is 0.325. The summed E-state index contributed by atoms with van der Waals surface area (Å²) in [4.78, 5) is 11.0. The van der Waals surface area contributed by atoms with Crippen LogP contribution in [0.5, 0.6) is 0 Å². The van der Waals surface area contributed by atoms with E-state index >= 15 is 0 Å². The van der Waals surface area contributed by atoms with Crippen LogP contribution in [0.2, 0.25) is 0 Å². The first-order chi connectivity index (χ1) is 8.83. The van der Waals surface area contributed by atoms with Crippen LogP contribution in [-0.2, 0) is 0 Å². The molecule has 2 rings (SSSR count). The van der Waals surface area contributed by atoms with Gasteiger partial charge in [0.25, 0.3) is 0 Å². The maximum absolute atomic E-state index is 12.3. The van der Waals surface area contributed by atoms with Gasteiger partial charge in [-0.3, -0.25) is 4.90 Å². The third-order valence-corrected chi connectivity index (χ3v) is 2.85. The van der Waals surface area contributed by atoms with Crippen LogP contribution >= 0.6 is 0 Å². The van der Waals surface area contributed by atoms with Crippen LogP contribution in [0.15, 0.2) is 6.07 Å². The normalized spacial score (nSPS) is 17.7. The van der Waals surface area contributed by atoms with Crippen LogP contribution in [0.4, 0.5) is 30.8 Å². The van der Waals surface area contributed by atoms with Crippen LogP contribution in [0.3, 0.4) is 0 Å². The Labute approximate surface area is 108 Å². The lowest BCUT2D eigenvalue weighted by Crippen LogP contribution is -2.49. The summed E-state index contributed by atoms with van der Waals surface area (Å²) in [6.07, 6.45) is -4.16. The third-order valence-electron chi connectivity index (χ3n) is 2.85. The molecular formula is C10H15F3N6. The number of alkyl halides is 3. The molecule has 0 amide bonds. The van der Waals surface area contributed by atoms with E-state index in [-0.39, 0.29) is 11.8 Å². The second-order valence-corrected chi connectivity index (χ2v) is 4.39. The van der Waals surface area contributed by atoms with E-state index in [0.717, 1.165) is 0 Å². The SMILES string of the molecule is Nc1cc(N2CCN(CC(F)(F)F)CC2)nc(N)n1. The van der Waals surface area contributed by atoms with Gasteiger partial charge in [-0.15, -0.1) is 0 Å². The molecule has 19 heavy (non-hydrogen) atoms. The number of halogens is 3. The summed E-state index contributed by atoms with van der Waals surface area (Å²) in [5, 5.41) is 0. The molecule has 0 radical (unpaired) electrons. The van der Waals surface area contributed by atoms with Crippen molar-refractivity contribution in [3.8, 4) is 0 Å². The van der Waals surface area contributed by atoms with Gasteiger partial charge in [-0.25, -0.2) is 0 Å². The Morgan fingerprint density at radius 2 is 1.74 bits per heavy atom. The lowest BCUT2D eigenvalue weighted by atomic mass is 10.3. The Hall–Kier alpha value is -1.77. The highest BCUT2D eigenvalue weighted by Gasteiger charge is 2.32. The van der Waals surface area contributed by atoms with Crippen molar-refractivity contribution in [1.29, 1.82) is 0 Å². The standard InChI is InChI=1S/C10H15F3N6/c11-10(12,13)6-18-1-3-19(4-2-18)8-5-7(14)16-9(15)17-8/h5H,1-4,6H2,(H4,14,15,16,17). The molecule has 6 nitrogen and oxygen atoms in total. The lowest BCUT2D eigenvalue weighted by molar-refractivity contribution is -0.146. The quantitative estimate of drug-likeness (QED) is 0.809. The van der Waals surface area contributed by atoms with E-state index in [2.05, 4.69) is 9.97 Å². The summed E-state index contributed by atoms with van der Waals surface area (Å²) in [5.74, 6) is 0.865. The van der Waals surface area contributed by atoms with Crippen molar-refractivity contribution in [3.63, 3.8) is 0 Å². The highest BCUT2D eigenvalue weighted by molar-refractivity contribution is 5.50. The van der Waals surface area contributed by atoms with E-state index in [1.165, 1.54) is 4.90 Å². The van der Waals surface area contributed by atoms with E-state index in [1.807, 2.05) is 4.90 Å². The van der Waals surface area contributed by atoms with Crippen molar-refractivity contribution in [2.24, 2.45) is 0 Å². The molecule has 9 heteroatoms. The zero-order valence-corrected chi connectivity index (χ0v) is 10.2. The zero-order chi connectivity index (χ0) is 14.0. The molecule has 0 atom stereocenters. The van der Waals surface area contributed by atoms with Gasteiger partial charge < -0.3 is 16.4 Å². The fourth-order valence-corrected chi connectivity index (χ4v) is 2.02. The van der Waals surface area contributed by atoms with E-state index < -0.39 is 12.7 Å². The molecule has 1 saturated heterocycles. The molecule has 0 aromatic carbocycles. The molecule has 0 unspecified atom stereocenters. The largest absolute Gasteiger partial charge is 0.401 e. The van der Waals surface area contributed by atoms with Crippen LogP contribution in [0.1, 0.15) is 0 Å². The average Bonchev–Trinajstić information content (AvgIpc) is 2.26. The zero-order valence-electron chi connectivity index (χ0n) is 10.2. The second-order valence-electron chi connectivity index (χ2n) is 4.39. The number of hydrogen-bond acceptors (Lipinski definition) is 6. The highest BCUT2D eigenvalue weighted by Crippen LogP contribution is 2.20. The topological polar surface area (TPSA) is 84.3 Å². The number of rotatable bonds is 2. The number of nitrogen functional groups attached to an aromatic ring is 2. The summed E-state index contributed by atoms with van der Waals surface area (Å²) in [6.45, 7) is 0.666. The molecule has 4 N–H and O–H groups in total. The number of nitrogens with two attached hydrogens (primary N) is 2. The minimum Gasteiger partial charge on any atom is -0.383 e. The fraction of sp³-hybridized carbons (Fsp3) is 0.600. The minimum absolute atomic E-state index is 0.0627. The first kappa shape index (κ1) is 13.7. The molecule has 1 aromatic rings. The molecule has 1 fully saturated rings. The molecule has 2 heterocycles. The molecule has 1 aromatic heterocycles. The van der Waals surface area contributed by atoms with Crippen molar-refractivity contribution >= 4 is 17.6 Å². The number of hydrogen-bond donors (Lipinski definition) is 2. The maximum Gasteiger partial charge on any atom is 0.401 e. The van der Waals surface area contributed by atoms with E-state index in [9.17, 15) is 13.2 Å². The highest BCUT2D eigenvalue weighted by atomic mass is 19.4. The number of piperazine rings is 1. The summed E-state index contributed by atoms with van der Waals surface area (Å²) in [7, 11) is 0. The summed E-state index contributed by atoms with van der Waals surface area (Å²) in [5.41, 5.74) is 11.0. The number of nitrogens with zero attached hydrogens (tertiary/aromatic N) is 4. The van der Waals surface area contributed by atoms with Crippen LogP contribution in [0, 0.1) is 0 Å². The first-order valence-corrected chi connectivity index (χ1v) is 5.77. The van der Waals surface area contributed by atoms with E-state index in [0.29, 0.717) is 32.0 Å². The Morgan fingerprint density at radius 3 is 2.26 bits per heavy atom. The van der Waals surface area contributed by atoms with Crippen LogP contribution < -0.4 is 16.4 Å². The van der Waals surface area contributed by atoms with Gasteiger partial charge in [0.15, 0.2) is 0 Å². The molecule has 0 saturated carbocycles. The molecule has 0 aliphatic carbocycles. The third kappa shape index (κ3) is 3.85. The van der Waals surface area contributed by atoms with Crippen LogP contribution in [-0.4, -0.2) is 53.8 Å². The van der Waals surface area contributed by atoms with Crippen molar-refractivity contribution in [2.45, 2.75) is 6.18 Å². The molecule has 1 aliphatic rings. The molecular weight excluding hydrogens is 261 g/mol. The molecule has 106 valence electrons. The van der Waals surface area contributed by atoms with Crippen molar-refractivity contribution in [2.75, 3.05) is 49.1 Å². The van der Waals surface area contributed by atoms with E-state index in [4.69, 9.17) is 11.5 Å². The number of aromatic nitrogens is 2. The smallest absolute Gasteiger partial charge is 0.383 e. The van der Waals surface area contributed by atoms with Crippen LogP contribution in [0.25, 0.3) is 0 Å².